The highest BCUT2D eigenvalue weighted by molar-refractivity contribution is 8.39. The van der Waals surface area contributed by atoms with Gasteiger partial charge in [0.1, 0.15) is 15.4 Å². The maximum absolute atomic E-state index is 12.3. The van der Waals surface area contributed by atoms with Gasteiger partial charge in [0.25, 0.3) is 0 Å². The molecule has 1 amide bonds. The van der Waals surface area contributed by atoms with Gasteiger partial charge in [-0.2, -0.15) is 0 Å². The summed E-state index contributed by atoms with van der Waals surface area (Å²) in [4.78, 5) is 21.0. The number of hydrogen-bond donors (Lipinski definition) is 1. The first kappa shape index (κ1) is 15.6. The number of carbonyl (C=O) groups excluding carboxylic acids is 1. The Balaban J connectivity index is 1.66. The highest BCUT2D eigenvalue weighted by atomic mass is 32.2. The molecule has 0 saturated carbocycles. The Morgan fingerprint density at radius 1 is 1.36 bits per heavy atom. The third-order valence-electron chi connectivity index (χ3n) is 3.02. The fourth-order valence-electron chi connectivity index (χ4n) is 2.04. The third kappa shape index (κ3) is 4.12. The van der Waals surface area contributed by atoms with E-state index in [0.29, 0.717) is 5.75 Å². The predicted octanol–water partition coefficient (Wildman–Crippen LogP) is 3.18. The number of thiazole rings is 1. The quantitative estimate of drug-likeness (QED) is 0.901. The zero-order valence-electron chi connectivity index (χ0n) is 11.8. The van der Waals surface area contributed by atoms with Gasteiger partial charge in [0.2, 0.25) is 5.91 Å². The van der Waals surface area contributed by atoms with Gasteiger partial charge < -0.3 is 5.32 Å². The Labute approximate surface area is 141 Å². The van der Waals surface area contributed by atoms with E-state index < -0.39 is 0 Å². The van der Waals surface area contributed by atoms with Crippen LogP contribution in [0.3, 0.4) is 0 Å². The summed E-state index contributed by atoms with van der Waals surface area (Å²) in [5, 5.41) is 5.91. The standard InChI is InChI=1S/C15H15N3OS3/c19-12(10-22-15-17-7-9-21-15)18-13(14-16-6-8-20-14)11-4-2-1-3-5-11/h1-6,8,13H,7,9-10H2,(H,18,19). The molecule has 1 N–H and O–H groups in total. The summed E-state index contributed by atoms with van der Waals surface area (Å²) in [5.41, 5.74) is 1.04. The molecule has 0 saturated heterocycles. The van der Waals surface area contributed by atoms with E-state index in [2.05, 4.69) is 15.3 Å². The Morgan fingerprint density at radius 2 is 2.23 bits per heavy atom. The van der Waals surface area contributed by atoms with Crippen molar-refractivity contribution in [2.24, 2.45) is 4.99 Å². The number of rotatable bonds is 5. The summed E-state index contributed by atoms with van der Waals surface area (Å²) in [7, 11) is 0. The predicted molar refractivity (Wildman–Crippen MR) is 95.8 cm³/mol. The Hall–Kier alpha value is -1.31. The molecule has 1 aliphatic rings. The average Bonchev–Trinajstić information content (AvgIpc) is 3.25. The summed E-state index contributed by atoms with van der Waals surface area (Å²) >= 11 is 4.78. The van der Waals surface area contributed by atoms with E-state index in [9.17, 15) is 4.79 Å². The SMILES string of the molecule is O=C(CSC1=NCCS1)NC(c1ccccc1)c1nccs1. The molecule has 1 aliphatic heterocycles. The van der Waals surface area contributed by atoms with Crippen LogP contribution in [-0.4, -0.2) is 33.3 Å². The molecule has 0 radical (unpaired) electrons. The van der Waals surface area contributed by atoms with Gasteiger partial charge in [-0.15, -0.1) is 11.3 Å². The number of hydrogen-bond acceptors (Lipinski definition) is 6. The van der Waals surface area contributed by atoms with E-state index in [-0.39, 0.29) is 11.9 Å². The second-order valence-corrected chi connectivity index (χ2v) is 7.80. The van der Waals surface area contributed by atoms with Crippen molar-refractivity contribution in [1.82, 2.24) is 10.3 Å². The smallest absolute Gasteiger partial charge is 0.231 e. The van der Waals surface area contributed by atoms with E-state index in [1.807, 2.05) is 35.7 Å². The second-order valence-electron chi connectivity index (χ2n) is 4.57. The van der Waals surface area contributed by atoms with Crippen LogP contribution < -0.4 is 5.32 Å². The lowest BCUT2D eigenvalue weighted by Crippen LogP contribution is -2.30. The summed E-state index contributed by atoms with van der Waals surface area (Å²) in [6, 6.07) is 9.75. The molecule has 3 rings (SSSR count). The highest BCUT2D eigenvalue weighted by Crippen LogP contribution is 2.25. The van der Waals surface area contributed by atoms with Crippen molar-refractivity contribution in [2.45, 2.75) is 6.04 Å². The van der Waals surface area contributed by atoms with Gasteiger partial charge in [0.15, 0.2) is 0 Å². The average molecular weight is 350 g/mol. The highest BCUT2D eigenvalue weighted by Gasteiger charge is 2.19. The van der Waals surface area contributed by atoms with Gasteiger partial charge in [-0.25, -0.2) is 4.98 Å². The van der Waals surface area contributed by atoms with Crippen LogP contribution in [0, 0.1) is 0 Å². The number of amides is 1. The lowest BCUT2D eigenvalue weighted by molar-refractivity contribution is -0.119. The molecule has 1 atom stereocenters. The second kappa shape index (κ2) is 7.80. The van der Waals surface area contributed by atoms with E-state index in [0.717, 1.165) is 27.2 Å². The van der Waals surface area contributed by atoms with Gasteiger partial charge in [0, 0.05) is 17.3 Å². The van der Waals surface area contributed by atoms with E-state index in [1.165, 1.54) is 11.8 Å². The van der Waals surface area contributed by atoms with Crippen molar-refractivity contribution >= 4 is 45.1 Å². The first-order valence-corrected chi connectivity index (χ1v) is 9.72. The van der Waals surface area contributed by atoms with Gasteiger partial charge in [0.05, 0.1) is 12.3 Å². The molecular weight excluding hydrogens is 334 g/mol. The van der Waals surface area contributed by atoms with Crippen LogP contribution in [0.2, 0.25) is 0 Å². The minimum atomic E-state index is -0.188. The molecule has 1 aromatic carbocycles. The molecule has 0 aliphatic carbocycles. The Bertz CT molecular complexity index is 643. The maximum atomic E-state index is 12.3. The van der Waals surface area contributed by atoms with Gasteiger partial charge in [-0.1, -0.05) is 53.9 Å². The molecule has 1 unspecified atom stereocenters. The number of aromatic nitrogens is 1. The van der Waals surface area contributed by atoms with Crippen LogP contribution in [-0.2, 0) is 4.79 Å². The number of nitrogens with zero attached hydrogens (tertiary/aromatic N) is 2. The molecule has 2 heterocycles. The summed E-state index contributed by atoms with van der Waals surface area (Å²) in [6.07, 6.45) is 1.76. The molecule has 0 bridgehead atoms. The van der Waals surface area contributed by atoms with Crippen molar-refractivity contribution in [3.8, 4) is 0 Å². The molecule has 114 valence electrons. The van der Waals surface area contributed by atoms with E-state index >= 15 is 0 Å². The van der Waals surface area contributed by atoms with Crippen LogP contribution in [0.5, 0.6) is 0 Å². The Kier molecular flexibility index (Phi) is 5.53. The van der Waals surface area contributed by atoms with Crippen molar-refractivity contribution in [2.75, 3.05) is 18.1 Å². The zero-order valence-corrected chi connectivity index (χ0v) is 14.2. The minimum Gasteiger partial charge on any atom is -0.342 e. The number of aliphatic imine (C=N–C) groups is 1. The molecule has 7 heteroatoms. The van der Waals surface area contributed by atoms with Gasteiger partial charge in [-0.3, -0.25) is 9.79 Å². The van der Waals surface area contributed by atoms with Crippen molar-refractivity contribution < 1.29 is 4.79 Å². The zero-order chi connectivity index (χ0) is 15.2. The lowest BCUT2D eigenvalue weighted by atomic mass is 10.1. The fraction of sp³-hybridized carbons (Fsp3) is 0.267. The first-order chi connectivity index (χ1) is 10.8. The number of carbonyl (C=O) groups is 1. The number of thioether (sulfide) groups is 2. The van der Waals surface area contributed by atoms with Crippen LogP contribution in [0.15, 0.2) is 46.9 Å². The van der Waals surface area contributed by atoms with Crippen LogP contribution in [0.25, 0.3) is 0 Å². The largest absolute Gasteiger partial charge is 0.342 e. The molecule has 0 spiro atoms. The first-order valence-electron chi connectivity index (χ1n) is 6.86. The van der Waals surface area contributed by atoms with E-state index in [1.54, 1.807) is 29.3 Å². The van der Waals surface area contributed by atoms with Gasteiger partial charge >= 0.3 is 0 Å². The molecule has 1 aromatic heterocycles. The van der Waals surface area contributed by atoms with Crippen molar-refractivity contribution in [3.63, 3.8) is 0 Å². The van der Waals surface area contributed by atoms with E-state index in [4.69, 9.17) is 0 Å². The number of nitrogens with one attached hydrogen (secondary N) is 1. The molecule has 22 heavy (non-hydrogen) atoms. The molecule has 4 nitrogen and oxygen atoms in total. The third-order valence-corrected chi connectivity index (χ3v) is 6.11. The molecule has 0 fully saturated rings. The number of benzene rings is 1. The Morgan fingerprint density at radius 3 is 2.91 bits per heavy atom. The van der Waals surface area contributed by atoms with Crippen molar-refractivity contribution in [1.29, 1.82) is 0 Å². The molecular formula is C15H15N3OS3. The fourth-order valence-corrected chi connectivity index (χ4v) is 4.58. The maximum Gasteiger partial charge on any atom is 0.231 e. The lowest BCUT2D eigenvalue weighted by Gasteiger charge is -2.17. The van der Waals surface area contributed by atoms with Crippen LogP contribution in [0.4, 0.5) is 0 Å². The summed E-state index contributed by atoms with van der Waals surface area (Å²) in [6.45, 7) is 0.861. The van der Waals surface area contributed by atoms with Gasteiger partial charge in [-0.05, 0) is 5.56 Å². The topological polar surface area (TPSA) is 54.4 Å². The summed E-state index contributed by atoms with van der Waals surface area (Å²) in [5.74, 6) is 1.42. The van der Waals surface area contributed by atoms with Crippen LogP contribution in [0.1, 0.15) is 16.6 Å². The van der Waals surface area contributed by atoms with Crippen molar-refractivity contribution in [3.05, 3.63) is 52.5 Å². The molecule has 2 aromatic rings. The minimum absolute atomic E-state index is 0.00394. The summed E-state index contributed by atoms with van der Waals surface area (Å²) < 4.78 is 1.01. The normalized spacial score (nSPS) is 15.4. The monoisotopic (exact) mass is 349 g/mol. The van der Waals surface area contributed by atoms with Crippen LogP contribution >= 0.6 is 34.9 Å².